The number of hydrogen-bond acceptors (Lipinski definition) is 5. The first-order chi connectivity index (χ1) is 12.5. The fraction of sp³-hybridized carbons (Fsp3) is 0.211. The van der Waals surface area contributed by atoms with Crippen LogP contribution in [0, 0.1) is 6.92 Å². The second-order valence-corrected chi connectivity index (χ2v) is 7.43. The smallest absolute Gasteiger partial charge is 0.237 e. The van der Waals surface area contributed by atoms with Crippen LogP contribution in [0.1, 0.15) is 12.7 Å². The van der Waals surface area contributed by atoms with Crippen LogP contribution < -0.4 is 10.1 Å². The molecule has 0 aliphatic heterocycles. The third-order valence-electron chi connectivity index (χ3n) is 3.76. The van der Waals surface area contributed by atoms with Gasteiger partial charge in [0.2, 0.25) is 5.91 Å². The number of para-hydroxylation sites is 1. The summed E-state index contributed by atoms with van der Waals surface area (Å²) < 4.78 is 5.12. The molecular formula is C19H18ClN3O2S. The average Bonchev–Trinajstić information content (AvgIpc) is 2.61. The molecule has 26 heavy (non-hydrogen) atoms. The summed E-state index contributed by atoms with van der Waals surface area (Å²) in [6, 6.07) is 12.9. The van der Waals surface area contributed by atoms with Crippen LogP contribution >= 0.6 is 23.4 Å². The van der Waals surface area contributed by atoms with Gasteiger partial charge in [0, 0.05) is 11.1 Å². The van der Waals surface area contributed by atoms with Crippen molar-refractivity contribution in [1.82, 2.24) is 9.97 Å². The van der Waals surface area contributed by atoms with Gasteiger partial charge in [-0.1, -0.05) is 41.6 Å². The van der Waals surface area contributed by atoms with Gasteiger partial charge in [0.25, 0.3) is 0 Å². The van der Waals surface area contributed by atoms with E-state index in [1.54, 1.807) is 25.3 Å². The number of aryl methyl sites for hydroxylation is 1. The van der Waals surface area contributed by atoms with E-state index in [1.165, 1.54) is 11.8 Å². The summed E-state index contributed by atoms with van der Waals surface area (Å²) in [5.74, 6) is 1.12. The van der Waals surface area contributed by atoms with Crippen LogP contribution in [-0.4, -0.2) is 28.2 Å². The number of rotatable bonds is 5. The second-order valence-electron chi connectivity index (χ2n) is 5.69. The molecule has 3 rings (SSSR count). The zero-order valence-electron chi connectivity index (χ0n) is 14.6. The number of nitrogens with zero attached hydrogens (tertiary/aromatic N) is 2. The molecule has 0 bridgehead atoms. The van der Waals surface area contributed by atoms with Gasteiger partial charge in [0.05, 0.1) is 22.9 Å². The van der Waals surface area contributed by atoms with Crippen LogP contribution in [0.15, 0.2) is 47.5 Å². The summed E-state index contributed by atoms with van der Waals surface area (Å²) in [6.45, 7) is 3.69. The quantitative estimate of drug-likeness (QED) is 0.507. The van der Waals surface area contributed by atoms with Crippen LogP contribution in [0.2, 0.25) is 5.02 Å². The highest BCUT2D eigenvalue weighted by Gasteiger charge is 2.18. The van der Waals surface area contributed by atoms with E-state index in [4.69, 9.17) is 16.3 Å². The maximum absolute atomic E-state index is 12.6. The summed E-state index contributed by atoms with van der Waals surface area (Å²) in [5.41, 5.74) is 1.49. The monoisotopic (exact) mass is 387 g/mol. The fourth-order valence-electron chi connectivity index (χ4n) is 2.46. The first-order valence-corrected chi connectivity index (χ1v) is 9.28. The lowest BCUT2D eigenvalue weighted by molar-refractivity contribution is -0.115. The molecule has 0 fully saturated rings. The van der Waals surface area contributed by atoms with Crippen molar-refractivity contribution in [2.75, 3.05) is 12.4 Å². The van der Waals surface area contributed by atoms with E-state index in [-0.39, 0.29) is 11.2 Å². The summed E-state index contributed by atoms with van der Waals surface area (Å²) >= 11 is 7.51. The number of methoxy groups -OCH3 is 1. The van der Waals surface area contributed by atoms with Crippen molar-refractivity contribution in [3.05, 3.63) is 53.3 Å². The van der Waals surface area contributed by atoms with Gasteiger partial charge in [-0.25, -0.2) is 9.97 Å². The Morgan fingerprint density at radius 1 is 1.23 bits per heavy atom. The van der Waals surface area contributed by atoms with Crippen LogP contribution in [0.25, 0.3) is 10.9 Å². The summed E-state index contributed by atoms with van der Waals surface area (Å²) in [6.07, 6.45) is 0. The van der Waals surface area contributed by atoms with E-state index in [1.807, 2.05) is 38.1 Å². The molecule has 0 aliphatic rings. The predicted molar refractivity (Wildman–Crippen MR) is 106 cm³/mol. The van der Waals surface area contributed by atoms with Gasteiger partial charge in [-0.3, -0.25) is 4.79 Å². The number of benzene rings is 2. The van der Waals surface area contributed by atoms with E-state index < -0.39 is 0 Å². The van der Waals surface area contributed by atoms with E-state index in [9.17, 15) is 4.79 Å². The Hall–Kier alpha value is -2.31. The van der Waals surface area contributed by atoms with Gasteiger partial charge in [-0.05, 0) is 38.1 Å². The van der Waals surface area contributed by atoms with Gasteiger partial charge >= 0.3 is 0 Å². The molecule has 1 heterocycles. The first-order valence-electron chi connectivity index (χ1n) is 8.02. The Balaban J connectivity index is 1.77. The van der Waals surface area contributed by atoms with Gasteiger partial charge in [-0.15, -0.1) is 0 Å². The lowest BCUT2D eigenvalue weighted by Gasteiger charge is -2.14. The normalized spacial score (nSPS) is 12.0. The molecule has 1 aromatic heterocycles. The SMILES string of the molecule is COc1ccc(NC(=O)C(C)Sc2nc(C)nc3ccccc23)cc1Cl. The van der Waals surface area contributed by atoms with Crippen LogP contribution in [0.5, 0.6) is 5.75 Å². The number of amides is 1. The van der Waals surface area contributed by atoms with Crippen LogP contribution in [0.4, 0.5) is 5.69 Å². The lowest BCUT2D eigenvalue weighted by Crippen LogP contribution is -2.22. The molecule has 0 radical (unpaired) electrons. The zero-order valence-corrected chi connectivity index (χ0v) is 16.2. The molecular weight excluding hydrogens is 370 g/mol. The number of hydrogen-bond donors (Lipinski definition) is 1. The first kappa shape index (κ1) is 18.5. The van der Waals surface area contributed by atoms with E-state index in [0.717, 1.165) is 15.9 Å². The molecule has 1 unspecified atom stereocenters. The van der Waals surface area contributed by atoms with Crippen molar-refractivity contribution in [2.24, 2.45) is 0 Å². The number of carbonyl (C=O) groups is 1. The minimum absolute atomic E-state index is 0.128. The lowest BCUT2D eigenvalue weighted by atomic mass is 10.2. The molecule has 1 amide bonds. The largest absolute Gasteiger partial charge is 0.495 e. The number of halogens is 1. The molecule has 5 nitrogen and oxygen atoms in total. The third-order valence-corrected chi connectivity index (χ3v) is 5.15. The number of carbonyl (C=O) groups excluding carboxylic acids is 1. The number of aromatic nitrogens is 2. The molecule has 1 atom stereocenters. The van der Waals surface area contributed by atoms with E-state index >= 15 is 0 Å². The Morgan fingerprint density at radius 3 is 2.73 bits per heavy atom. The summed E-state index contributed by atoms with van der Waals surface area (Å²) in [5, 5.41) is 4.72. The van der Waals surface area contributed by atoms with Gasteiger partial charge in [0.15, 0.2) is 0 Å². The third kappa shape index (κ3) is 4.08. The Bertz CT molecular complexity index is 965. The minimum Gasteiger partial charge on any atom is -0.495 e. The molecule has 0 saturated heterocycles. The molecule has 1 N–H and O–H groups in total. The highest BCUT2D eigenvalue weighted by molar-refractivity contribution is 8.00. The molecule has 0 aliphatic carbocycles. The minimum atomic E-state index is -0.339. The topological polar surface area (TPSA) is 64.1 Å². The van der Waals surface area contributed by atoms with Crippen LogP contribution in [0.3, 0.4) is 0 Å². The van der Waals surface area contributed by atoms with Crippen molar-refractivity contribution >= 4 is 45.9 Å². The molecule has 134 valence electrons. The summed E-state index contributed by atoms with van der Waals surface area (Å²) in [7, 11) is 1.55. The Labute approximate surface area is 161 Å². The highest BCUT2D eigenvalue weighted by Crippen LogP contribution is 2.30. The Morgan fingerprint density at radius 2 is 2.00 bits per heavy atom. The van der Waals surface area contributed by atoms with Gasteiger partial charge < -0.3 is 10.1 Å². The summed E-state index contributed by atoms with van der Waals surface area (Å²) in [4.78, 5) is 21.5. The number of anilines is 1. The van der Waals surface area contributed by atoms with Crippen molar-refractivity contribution in [2.45, 2.75) is 24.1 Å². The van der Waals surface area contributed by atoms with Gasteiger partial charge in [-0.2, -0.15) is 0 Å². The Kier molecular flexibility index (Phi) is 5.64. The molecule has 0 spiro atoms. The van der Waals surface area contributed by atoms with Gasteiger partial charge in [0.1, 0.15) is 16.6 Å². The number of ether oxygens (including phenoxy) is 1. The maximum Gasteiger partial charge on any atom is 0.237 e. The predicted octanol–water partition coefficient (Wildman–Crippen LogP) is 4.72. The number of thioether (sulfide) groups is 1. The molecule has 0 saturated carbocycles. The van der Waals surface area contributed by atoms with Crippen molar-refractivity contribution in [1.29, 1.82) is 0 Å². The van der Waals surface area contributed by atoms with E-state index in [0.29, 0.717) is 22.3 Å². The zero-order chi connectivity index (χ0) is 18.7. The maximum atomic E-state index is 12.6. The molecule has 3 aromatic rings. The molecule has 7 heteroatoms. The number of nitrogens with one attached hydrogen (secondary N) is 1. The van der Waals surface area contributed by atoms with Crippen LogP contribution in [-0.2, 0) is 4.79 Å². The average molecular weight is 388 g/mol. The second kappa shape index (κ2) is 7.93. The van der Waals surface area contributed by atoms with E-state index in [2.05, 4.69) is 15.3 Å². The standard InChI is InChI=1S/C19H18ClN3O2S/c1-11(18(24)23-13-8-9-17(25-3)15(20)10-13)26-19-14-6-4-5-7-16(14)21-12(2)22-19/h4-11H,1-3H3,(H,23,24). The van der Waals surface area contributed by atoms with Crippen molar-refractivity contribution < 1.29 is 9.53 Å². The fourth-order valence-corrected chi connectivity index (χ4v) is 3.70. The number of fused-ring (bicyclic) bond motifs is 1. The highest BCUT2D eigenvalue weighted by atomic mass is 35.5. The van der Waals surface area contributed by atoms with Crippen molar-refractivity contribution in [3.8, 4) is 5.75 Å². The molecule has 2 aromatic carbocycles. The van der Waals surface area contributed by atoms with Crippen molar-refractivity contribution in [3.63, 3.8) is 0 Å².